The van der Waals surface area contributed by atoms with Crippen LogP contribution in [0.3, 0.4) is 0 Å². The summed E-state index contributed by atoms with van der Waals surface area (Å²) in [5, 5.41) is 0. The molecule has 0 heterocycles. The first-order valence-electron chi connectivity index (χ1n) is 3.85. The van der Waals surface area contributed by atoms with E-state index in [1.54, 1.807) is 6.08 Å². The standard InChI is InChI=1S/C8H16N2O/c1-7(2)10(4)5-8(3)9-6-11/h7-8H,5H2,1-4H3. The number of rotatable bonds is 4. The predicted octanol–water partition coefficient (Wildman–Crippen LogP) is 1.05. The largest absolute Gasteiger partial charge is 0.302 e. The van der Waals surface area contributed by atoms with E-state index < -0.39 is 0 Å². The zero-order chi connectivity index (χ0) is 8.85. The van der Waals surface area contributed by atoms with Crippen LogP contribution in [0, 0.1) is 0 Å². The van der Waals surface area contributed by atoms with Crippen LogP contribution in [0.2, 0.25) is 0 Å². The van der Waals surface area contributed by atoms with Crippen molar-refractivity contribution in [3.05, 3.63) is 0 Å². The van der Waals surface area contributed by atoms with Crippen molar-refractivity contribution in [1.29, 1.82) is 0 Å². The number of nitrogens with zero attached hydrogens (tertiary/aromatic N) is 2. The van der Waals surface area contributed by atoms with Crippen LogP contribution in [0.1, 0.15) is 20.8 Å². The molecule has 0 aromatic heterocycles. The lowest BCUT2D eigenvalue weighted by molar-refractivity contribution is 0.262. The molecule has 0 aromatic carbocycles. The van der Waals surface area contributed by atoms with Crippen LogP contribution in [-0.2, 0) is 4.79 Å². The summed E-state index contributed by atoms with van der Waals surface area (Å²) in [6, 6.07) is 0.555. The van der Waals surface area contributed by atoms with E-state index >= 15 is 0 Å². The zero-order valence-electron chi connectivity index (χ0n) is 7.66. The highest BCUT2D eigenvalue weighted by Crippen LogP contribution is 1.97. The highest BCUT2D eigenvalue weighted by Gasteiger charge is 2.06. The first-order chi connectivity index (χ1) is 5.07. The Hall–Kier alpha value is -0.660. The quantitative estimate of drug-likeness (QED) is 0.450. The average Bonchev–Trinajstić information content (AvgIpc) is 1.87. The maximum atomic E-state index is 9.86. The minimum Gasteiger partial charge on any atom is -0.302 e. The Labute approximate surface area is 68.1 Å². The summed E-state index contributed by atoms with van der Waals surface area (Å²) in [7, 11) is 2.02. The normalized spacial score (nSPS) is 13.3. The van der Waals surface area contributed by atoms with Crippen LogP contribution in [0.4, 0.5) is 0 Å². The molecule has 3 nitrogen and oxygen atoms in total. The molecule has 1 atom stereocenters. The second kappa shape index (κ2) is 5.05. The Morgan fingerprint density at radius 3 is 2.36 bits per heavy atom. The molecule has 0 aliphatic carbocycles. The molecule has 3 heteroatoms. The van der Waals surface area contributed by atoms with E-state index in [1.807, 2.05) is 14.0 Å². The highest BCUT2D eigenvalue weighted by atomic mass is 16.1. The zero-order valence-corrected chi connectivity index (χ0v) is 7.66. The fraction of sp³-hybridized carbons (Fsp3) is 0.875. The van der Waals surface area contributed by atoms with Crippen LogP contribution in [0.5, 0.6) is 0 Å². The lowest BCUT2D eigenvalue weighted by atomic mass is 10.3. The van der Waals surface area contributed by atoms with Crippen molar-refractivity contribution in [1.82, 2.24) is 4.90 Å². The van der Waals surface area contributed by atoms with Gasteiger partial charge < -0.3 is 4.90 Å². The van der Waals surface area contributed by atoms with Gasteiger partial charge in [0, 0.05) is 12.6 Å². The van der Waals surface area contributed by atoms with Crippen molar-refractivity contribution in [2.45, 2.75) is 32.9 Å². The molecule has 11 heavy (non-hydrogen) atoms. The van der Waals surface area contributed by atoms with Crippen molar-refractivity contribution < 1.29 is 4.79 Å². The van der Waals surface area contributed by atoms with Gasteiger partial charge in [-0.3, -0.25) is 0 Å². The molecule has 0 spiro atoms. The third-order valence-corrected chi connectivity index (χ3v) is 1.71. The summed E-state index contributed by atoms with van der Waals surface area (Å²) >= 11 is 0. The van der Waals surface area contributed by atoms with Gasteiger partial charge in [0.1, 0.15) is 0 Å². The molecule has 0 rings (SSSR count). The van der Waals surface area contributed by atoms with E-state index in [1.165, 1.54) is 0 Å². The van der Waals surface area contributed by atoms with Gasteiger partial charge in [-0.25, -0.2) is 9.79 Å². The van der Waals surface area contributed by atoms with E-state index in [2.05, 4.69) is 23.7 Å². The van der Waals surface area contributed by atoms with Gasteiger partial charge in [0.15, 0.2) is 0 Å². The molecule has 0 amide bonds. The van der Waals surface area contributed by atoms with Gasteiger partial charge in [0.25, 0.3) is 0 Å². The molecule has 64 valence electrons. The molecule has 0 N–H and O–H groups in total. The van der Waals surface area contributed by atoms with Crippen LogP contribution >= 0.6 is 0 Å². The summed E-state index contributed by atoms with van der Waals surface area (Å²) in [4.78, 5) is 15.6. The molecule has 0 aliphatic rings. The SMILES string of the molecule is CC(CN(C)C(C)C)N=C=O. The fourth-order valence-electron chi connectivity index (χ4n) is 0.758. The summed E-state index contributed by atoms with van der Waals surface area (Å²) in [6.07, 6.45) is 1.56. The minimum atomic E-state index is 0.0555. The molecule has 0 radical (unpaired) electrons. The molecule has 0 bridgehead atoms. The predicted molar refractivity (Wildman–Crippen MR) is 45.3 cm³/mol. The maximum absolute atomic E-state index is 9.86. The van der Waals surface area contributed by atoms with Gasteiger partial charge >= 0.3 is 0 Å². The van der Waals surface area contributed by atoms with Crippen molar-refractivity contribution in [3.8, 4) is 0 Å². The second-order valence-corrected chi connectivity index (χ2v) is 3.10. The molecule has 0 aromatic rings. The van der Waals surface area contributed by atoms with Gasteiger partial charge in [-0.05, 0) is 27.8 Å². The molecule has 0 fully saturated rings. The molecular weight excluding hydrogens is 140 g/mol. The molecule has 1 unspecified atom stereocenters. The summed E-state index contributed by atoms with van der Waals surface area (Å²) in [5.74, 6) is 0. The summed E-state index contributed by atoms with van der Waals surface area (Å²) in [6.45, 7) is 6.94. The van der Waals surface area contributed by atoms with Gasteiger partial charge in [-0.1, -0.05) is 0 Å². The molecule has 0 saturated carbocycles. The average molecular weight is 156 g/mol. The van der Waals surface area contributed by atoms with Crippen molar-refractivity contribution in [3.63, 3.8) is 0 Å². The number of hydrogen-bond acceptors (Lipinski definition) is 3. The monoisotopic (exact) mass is 156 g/mol. The molecule has 0 aliphatic heterocycles. The van der Waals surface area contributed by atoms with E-state index in [-0.39, 0.29) is 6.04 Å². The summed E-state index contributed by atoms with van der Waals surface area (Å²) < 4.78 is 0. The van der Waals surface area contributed by atoms with Crippen LogP contribution in [0.15, 0.2) is 4.99 Å². The lowest BCUT2D eigenvalue weighted by Gasteiger charge is -2.22. The Morgan fingerprint density at radius 2 is 2.00 bits per heavy atom. The van der Waals surface area contributed by atoms with Gasteiger partial charge in [-0.15, -0.1) is 0 Å². The number of aliphatic imine (C=N–C) groups is 1. The first kappa shape index (κ1) is 10.3. The van der Waals surface area contributed by atoms with Gasteiger partial charge in [-0.2, -0.15) is 0 Å². The number of hydrogen-bond donors (Lipinski definition) is 0. The Kier molecular flexibility index (Phi) is 4.75. The maximum Gasteiger partial charge on any atom is 0.235 e. The first-order valence-corrected chi connectivity index (χ1v) is 3.85. The number of likely N-dealkylation sites (N-methyl/N-ethyl adjacent to an activating group) is 1. The Balaban J connectivity index is 3.74. The van der Waals surface area contributed by atoms with Gasteiger partial charge in [0.2, 0.25) is 6.08 Å². The van der Waals surface area contributed by atoms with Crippen molar-refractivity contribution in [2.24, 2.45) is 4.99 Å². The van der Waals surface area contributed by atoms with Gasteiger partial charge in [0.05, 0.1) is 6.04 Å². The Bertz CT molecular complexity index is 150. The number of isocyanates is 1. The van der Waals surface area contributed by atoms with E-state index in [0.717, 1.165) is 6.54 Å². The lowest BCUT2D eigenvalue weighted by Crippen LogP contribution is -2.32. The van der Waals surface area contributed by atoms with E-state index in [9.17, 15) is 4.79 Å². The van der Waals surface area contributed by atoms with Crippen LogP contribution < -0.4 is 0 Å². The third kappa shape index (κ3) is 4.71. The smallest absolute Gasteiger partial charge is 0.235 e. The summed E-state index contributed by atoms with van der Waals surface area (Å²) in [5.41, 5.74) is 0. The van der Waals surface area contributed by atoms with E-state index in [4.69, 9.17) is 0 Å². The minimum absolute atomic E-state index is 0.0555. The molecule has 0 saturated heterocycles. The topological polar surface area (TPSA) is 32.7 Å². The fourth-order valence-corrected chi connectivity index (χ4v) is 0.758. The van der Waals surface area contributed by atoms with Crippen LogP contribution in [-0.4, -0.2) is 36.7 Å². The van der Waals surface area contributed by atoms with Crippen molar-refractivity contribution >= 4 is 6.08 Å². The number of carbonyl (C=O) groups excluding carboxylic acids is 1. The van der Waals surface area contributed by atoms with Crippen molar-refractivity contribution in [2.75, 3.05) is 13.6 Å². The van der Waals surface area contributed by atoms with Crippen LogP contribution in [0.25, 0.3) is 0 Å². The molecular formula is C8H16N2O. The second-order valence-electron chi connectivity index (χ2n) is 3.10. The highest BCUT2D eigenvalue weighted by molar-refractivity contribution is 5.33. The third-order valence-electron chi connectivity index (χ3n) is 1.71. The Morgan fingerprint density at radius 1 is 1.45 bits per heavy atom. The van der Waals surface area contributed by atoms with E-state index in [0.29, 0.717) is 6.04 Å².